The normalized spacial score (nSPS) is 11.5. The highest BCUT2D eigenvalue weighted by molar-refractivity contribution is 6.09. The summed E-state index contributed by atoms with van der Waals surface area (Å²) in [5.41, 5.74) is 3.37. The van der Waals surface area contributed by atoms with Gasteiger partial charge in [0.05, 0.1) is 42.1 Å². The van der Waals surface area contributed by atoms with E-state index in [2.05, 4.69) is 31.9 Å². The van der Waals surface area contributed by atoms with Gasteiger partial charge in [0.1, 0.15) is 34.2 Å². The molecule has 6 rings (SSSR count). The van der Waals surface area contributed by atoms with Crippen LogP contribution in [0.1, 0.15) is 86.1 Å². The summed E-state index contributed by atoms with van der Waals surface area (Å²) in [5, 5.41) is 16.4. The predicted octanol–water partition coefficient (Wildman–Crippen LogP) is 3.42. The van der Waals surface area contributed by atoms with Crippen molar-refractivity contribution in [2.24, 2.45) is 42.3 Å². The van der Waals surface area contributed by atoms with Crippen LogP contribution in [0.3, 0.4) is 0 Å². The van der Waals surface area contributed by atoms with Gasteiger partial charge in [0, 0.05) is 98.6 Å². The number of anilines is 5. The highest BCUT2D eigenvalue weighted by Gasteiger charge is 2.24. The third-order valence-electron chi connectivity index (χ3n) is 11.2. The van der Waals surface area contributed by atoms with Crippen LogP contribution in [-0.2, 0) is 56.6 Å². The van der Waals surface area contributed by atoms with E-state index in [0.717, 1.165) is 6.54 Å². The minimum absolute atomic E-state index is 0.0556. The van der Waals surface area contributed by atoms with Crippen molar-refractivity contribution >= 4 is 75.6 Å². The van der Waals surface area contributed by atoms with Gasteiger partial charge in [-0.1, -0.05) is 0 Å². The number of esters is 1. The molecule has 0 unspecified atom stereocenters. The van der Waals surface area contributed by atoms with Crippen LogP contribution in [0, 0.1) is 0 Å². The maximum absolute atomic E-state index is 13.4. The number of hydrogen-bond donors (Lipinski definition) is 6. The fraction of sp³-hybridized carbons (Fsp3) is 0.319. The molecule has 0 saturated heterocycles. The number of Topliss-reactive ketones (excluding diaryl/α,β-unsaturated/α-hetero) is 1. The SMILES string of the molecule is COC(=O)c1cc(NC(=O)c2cc(NC(=O)c3cc(NC(=O)[C@H](CNC(=O)c4cc(NC(=O)c5cc(NC(=O)c6cc(C(=O)CCCN(C)C)cn6C)cn5C)cn4C)OC)cn3C)cn2C)cn1C. The summed E-state index contributed by atoms with van der Waals surface area (Å²) < 4.78 is 19.3. The van der Waals surface area contributed by atoms with Gasteiger partial charge in [0.2, 0.25) is 0 Å². The van der Waals surface area contributed by atoms with Gasteiger partial charge in [-0.3, -0.25) is 33.6 Å². The van der Waals surface area contributed by atoms with E-state index in [1.807, 2.05) is 19.0 Å². The second-order valence-electron chi connectivity index (χ2n) is 16.9. The zero-order valence-corrected chi connectivity index (χ0v) is 40.5. The zero-order chi connectivity index (χ0) is 51.1. The summed E-state index contributed by atoms with van der Waals surface area (Å²) in [4.78, 5) is 106. The molecule has 6 N–H and O–H groups in total. The number of nitrogens with zero attached hydrogens (tertiary/aromatic N) is 7. The van der Waals surface area contributed by atoms with Crippen LogP contribution in [-0.4, -0.2) is 127 Å². The van der Waals surface area contributed by atoms with Crippen molar-refractivity contribution in [3.8, 4) is 0 Å². The molecular formula is C47H57N13O10. The second kappa shape index (κ2) is 21.7. The average molecular weight is 964 g/mol. The summed E-state index contributed by atoms with van der Waals surface area (Å²) in [6.45, 7) is 0.538. The molecular weight excluding hydrogens is 907 g/mol. The molecule has 23 heteroatoms. The summed E-state index contributed by atoms with van der Waals surface area (Å²) >= 11 is 0. The van der Waals surface area contributed by atoms with Crippen molar-refractivity contribution in [2.45, 2.75) is 18.9 Å². The molecule has 0 radical (unpaired) electrons. The molecule has 23 nitrogen and oxygen atoms in total. The van der Waals surface area contributed by atoms with E-state index < -0.39 is 47.5 Å². The van der Waals surface area contributed by atoms with Crippen LogP contribution in [0.4, 0.5) is 28.4 Å². The van der Waals surface area contributed by atoms with Crippen molar-refractivity contribution in [1.29, 1.82) is 0 Å². The third-order valence-corrected chi connectivity index (χ3v) is 11.2. The predicted molar refractivity (Wildman–Crippen MR) is 260 cm³/mol. The summed E-state index contributed by atoms with van der Waals surface area (Å²) in [7, 11) is 16.3. The Bertz CT molecular complexity index is 2990. The van der Waals surface area contributed by atoms with E-state index in [1.54, 1.807) is 83.9 Å². The number of carbonyl (C=O) groups is 8. The van der Waals surface area contributed by atoms with Gasteiger partial charge in [-0.2, -0.15) is 0 Å². The topological polar surface area (TPSA) is 260 Å². The van der Waals surface area contributed by atoms with Gasteiger partial charge < -0.3 is 73.7 Å². The fourth-order valence-corrected chi connectivity index (χ4v) is 7.58. The van der Waals surface area contributed by atoms with Crippen molar-refractivity contribution in [1.82, 2.24) is 37.6 Å². The molecule has 70 heavy (non-hydrogen) atoms. The number of rotatable bonds is 20. The lowest BCUT2D eigenvalue weighted by molar-refractivity contribution is -0.125. The number of methoxy groups -OCH3 is 2. The minimum atomic E-state index is -1.14. The van der Waals surface area contributed by atoms with Gasteiger partial charge in [-0.05, 0) is 63.5 Å². The van der Waals surface area contributed by atoms with Crippen LogP contribution in [0.2, 0.25) is 0 Å². The van der Waals surface area contributed by atoms with Crippen molar-refractivity contribution in [3.05, 3.63) is 113 Å². The molecule has 0 saturated carbocycles. The van der Waals surface area contributed by atoms with Gasteiger partial charge >= 0.3 is 5.97 Å². The van der Waals surface area contributed by atoms with Gasteiger partial charge in [0.25, 0.3) is 35.4 Å². The number of nitrogens with one attached hydrogen (secondary N) is 6. The first-order chi connectivity index (χ1) is 33.1. The maximum atomic E-state index is 13.4. The Kier molecular flexibility index (Phi) is 15.8. The Balaban J connectivity index is 0.994. The number of amides is 6. The zero-order valence-electron chi connectivity index (χ0n) is 40.5. The first-order valence-corrected chi connectivity index (χ1v) is 21.8. The van der Waals surface area contributed by atoms with E-state index in [0.29, 0.717) is 41.2 Å². The highest BCUT2D eigenvalue weighted by Crippen LogP contribution is 2.22. The first kappa shape index (κ1) is 51.0. The van der Waals surface area contributed by atoms with Crippen molar-refractivity contribution in [2.75, 3.05) is 68.0 Å². The molecule has 0 bridgehead atoms. The maximum Gasteiger partial charge on any atom is 0.354 e. The summed E-state index contributed by atoms with van der Waals surface area (Å²) in [6, 6.07) is 8.94. The van der Waals surface area contributed by atoms with Crippen LogP contribution >= 0.6 is 0 Å². The highest BCUT2D eigenvalue weighted by atomic mass is 16.5. The van der Waals surface area contributed by atoms with E-state index in [1.165, 1.54) is 73.6 Å². The molecule has 6 aromatic rings. The van der Waals surface area contributed by atoms with E-state index in [-0.39, 0.29) is 52.2 Å². The lowest BCUT2D eigenvalue weighted by atomic mass is 10.1. The Morgan fingerprint density at radius 2 is 0.857 bits per heavy atom. The Labute approximate surface area is 402 Å². The summed E-state index contributed by atoms with van der Waals surface area (Å²) in [5.74, 6) is -3.77. The Hall–Kier alpha value is -8.44. The van der Waals surface area contributed by atoms with Crippen molar-refractivity contribution in [3.63, 3.8) is 0 Å². The molecule has 6 heterocycles. The van der Waals surface area contributed by atoms with Crippen LogP contribution in [0.15, 0.2) is 73.6 Å². The first-order valence-electron chi connectivity index (χ1n) is 21.8. The molecule has 0 fully saturated rings. The largest absolute Gasteiger partial charge is 0.464 e. The van der Waals surface area contributed by atoms with E-state index in [9.17, 15) is 38.4 Å². The molecule has 0 spiro atoms. The number of aryl methyl sites for hydroxylation is 6. The average Bonchev–Trinajstić information content (AvgIpc) is 4.16. The molecule has 0 aliphatic rings. The Morgan fingerprint density at radius 3 is 1.26 bits per heavy atom. The number of carbonyl (C=O) groups excluding carboxylic acids is 8. The second-order valence-corrected chi connectivity index (χ2v) is 16.9. The lowest BCUT2D eigenvalue weighted by Crippen LogP contribution is -2.41. The van der Waals surface area contributed by atoms with Gasteiger partial charge in [0.15, 0.2) is 11.9 Å². The number of ether oxygens (including phenoxy) is 2. The van der Waals surface area contributed by atoms with Crippen LogP contribution in [0.5, 0.6) is 0 Å². The molecule has 0 aliphatic carbocycles. The number of hydrogen-bond acceptors (Lipinski definition) is 11. The van der Waals surface area contributed by atoms with Crippen molar-refractivity contribution < 1.29 is 47.8 Å². The molecule has 0 aliphatic heterocycles. The molecule has 6 aromatic heterocycles. The molecule has 370 valence electrons. The quantitative estimate of drug-likeness (QED) is 0.0477. The smallest absolute Gasteiger partial charge is 0.354 e. The lowest BCUT2D eigenvalue weighted by Gasteiger charge is -2.15. The third kappa shape index (κ3) is 12.0. The molecule has 6 amide bonds. The number of aromatic nitrogens is 6. The van der Waals surface area contributed by atoms with Gasteiger partial charge in [-0.15, -0.1) is 0 Å². The van der Waals surface area contributed by atoms with E-state index >= 15 is 0 Å². The summed E-state index contributed by atoms with van der Waals surface area (Å²) in [6.07, 6.45) is 9.30. The van der Waals surface area contributed by atoms with Gasteiger partial charge in [-0.25, -0.2) is 4.79 Å². The fourth-order valence-electron chi connectivity index (χ4n) is 7.58. The standard InChI is InChI=1S/C47H57N13O10/c1-54(2)13-11-12-39(61)27-14-33(55(3)21-27)42(63)49-29-16-35(57(5)23-29)43(64)50-28-15-34(56(4)22-28)41(62)48-20-40(69-9)46(67)53-31-18-37(59(7)25-31)44(65)51-30-17-36(58(6)24-30)45(66)52-32-19-38(47(68)70-10)60(8)26-32/h14-19,21-26,40H,11-13,20H2,1-10H3,(H,48,62)(H,49,63)(H,50,64)(H,51,65)(H,52,66)(H,53,67)/t40-/m0/s1. The Morgan fingerprint density at radius 1 is 0.500 bits per heavy atom. The van der Waals surface area contributed by atoms with E-state index in [4.69, 9.17) is 9.47 Å². The monoisotopic (exact) mass is 963 g/mol. The molecule has 0 aromatic carbocycles. The molecule has 1 atom stereocenters. The minimum Gasteiger partial charge on any atom is -0.464 e. The van der Waals surface area contributed by atoms with Crippen LogP contribution in [0.25, 0.3) is 0 Å². The van der Waals surface area contributed by atoms with Crippen LogP contribution < -0.4 is 31.9 Å². The number of ketones is 1.